The fourth-order valence-corrected chi connectivity index (χ4v) is 4.71. The summed E-state index contributed by atoms with van der Waals surface area (Å²) in [6, 6.07) is 16.1. The number of para-hydroxylation sites is 2. The zero-order valence-electron chi connectivity index (χ0n) is 20.3. The van der Waals surface area contributed by atoms with E-state index in [1.54, 1.807) is 13.8 Å². The molecule has 1 aliphatic carbocycles. The van der Waals surface area contributed by atoms with Crippen molar-refractivity contribution < 1.29 is 19.1 Å². The van der Waals surface area contributed by atoms with Gasteiger partial charge in [0.2, 0.25) is 0 Å². The van der Waals surface area contributed by atoms with Crippen LogP contribution < -0.4 is 0 Å². The van der Waals surface area contributed by atoms with Gasteiger partial charge in [-0.1, -0.05) is 49.6 Å². The highest BCUT2D eigenvalue weighted by molar-refractivity contribution is 5.87. The molecule has 2 aromatic carbocycles. The Balaban J connectivity index is 1.69. The molecule has 4 rings (SSSR count). The standard InChI is InChI=1S/C29H30N2O4/c1-19(2)27(32)34-17-9-15-29(16-10-18-35-28(33)20(3)4)22-12-6-5-11-21(22)25-26(29)31-24-14-8-7-13-23(24)30-25/h5-8,11-14H,1,3,9-10,15-18H2,2,4H3. The molecule has 0 fully saturated rings. The van der Waals surface area contributed by atoms with Crippen LogP contribution in [-0.4, -0.2) is 35.1 Å². The third-order valence-electron chi connectivity index (χ3n) is 6.38. The predicted molar refractivity (Wildman–Crippen MR) is 136 cm³/mol. The molecule has 0 atom stereocenters. The summed E-state index contributed by atoms with van der Waals surface area (Å²) in [6.45, 7) is 11.2. The van der Waals surface area contributed by atoms with E-state index in [9.17, 15) is 9.59 Å². The first kappa shape index (κ1) is 24.3. The Hall–Kier alpha value is -3.80. The van der Waals surface area contributed by atoms with Crippen LogP contribution in [0.3, 0.4) is 0 Å². The van der Waals surface area contributed by atoms with Crippen LogP contribution in [-0.2, 0) is 24.5 Å². The lowest BCUT2D eigenvalue weighted by atomic mass is 9.73. The summed E-state index contributed by atoms with van der Waals surface area (Å²) in [7, 11) is 0. The molecule has 1 heterocycles. The number of carbonyl (C=O) groups is 2. The minimum atomic E-state index is -0.436. The SMILES string of the molecule is C=C(C)C(=O)OCCCC1(CCCOC(=O)C(=C)C)c2ccccc2-c2nc3ccccc3nc21. The zero-order valence-corrected chi connectivity index (χ0v) is 20.3. The van der Waals surface area contributed by atoms with Gasteiger partial charge in [-0.2, -0.15) is 0 Å². The van der Waals surface area contributed by atoms with Gasteiger partial charge in [-0.05, 0) is 57.2 Å². The van der Waals surface area contributed by atoms with E-state index in [4.69, 9.17) is 19.4 Å². The largest absolute Gasteiger partial charge is 0.462 e. The van der Waals surface area contributed by atoms with Crippen molar-refractivity contribution in [2.75, 3.05) is 13.2 Å². The summed E-state index contributed by atoms with van der Waals surface area (Å²) in [6.07, 6.45) is 2.71. The Morgan fingerprint density at radius 2 is 1.31 bits per heavy atom. The molecule has 35 heavy (non-hydrogen) atoms. The maximum Gasteiger partial charge on any atom is 0.333 e. The molecule has 0 unspecified atom stereocenters. The van der Waals surface area contributed by atoms with E-state index >= 15 is 0 Å². The number of carbonyl (C=O) groups excluding carboxylic acids is 2. The molecule has 1 aliphatic rings. The van der Waals surface area contributed by atoms with Gasteiger partial charge in [-0.3, -0.25) is 0 Å². The molecule has 0 bridgehead atoms. The van der Waals surface area contributed by atoms with Crippen molar-refractivity contribution in [2.24, 2.45) is 0 Å². The third kappa shape index (κ3) is 4.87. The molecule has 3 aromatic rings. The number of fused-ring (bicyclic) bond motifs is 4. The molecule has 0 aliphatic heterocycles. The average molecular weight is 471 g/mol. The van der Waals surface area contributed by atoms with Crippen LogP contribution in [0.15, 0.2) is 72.8 Å². The second-order valence-corrected chi connectivity index (χ2v) is 9.08. The van der Waals surface area contributed by atoms with Crippen LogP contribution in [0.4, 0.5) is 0 Å². The Labute approximate surface area is 205 Å². The number of hydrogen-bond acceptors (Lipinski definition) is 6. The average Bonchev–Trinajstić information content (AvgIpc) is 3.12. The fourth-order valence-electron chi connectivity index (χ4n) is 4.71. The lowest BCUT2D eigenvalue weighted by Gasteiger charge is -2.31. The summed E-state index contributed by atoms with van der Waals surface area (Å²) in [4.78, 5) is 33.9. The van der Waals surface area contributed by atoms with E-state index in [1.807, 2.05) is 36.4 Å². The molecule has 180 valence electrons. The lowest BCUT2D eigenvalue weighted by molar-refractivity contribution is -0.139. The van der Waals surface area contributed by atoms with Crippen LogP contribution in [0.5, 0.6) is 0 Å². The van der Waals surface area contributed by atoms with Crippen molar-refractivity contribution in [1.29, 1.82) is 0 Å². The van der Waals surface area contributed by atoms with Gasteiger partial charge >= 0.3 is 11.9 Å². The molecule has 0 amide bonds. The summed E-state index contributed by atoms with van der Waals surface area (Å²) >= 11 is 0. The molecule has 0 saturated carbocycles. The van der Waals surface area contributed by atoms with Gasteiger partial charge in [0, 0.05) is 22.1 Å². The Bertz CT molecular complexity index is 1280. The summed E-state index contributed by atoms with van der Waals surface area (Å²) in [5.74, 6) is -0.771. The van der Waals surface area contributed by atoms with E-state index in [2.05, 4.69) is 25.3 Å². The Kier molecular flexibility index (Phi) is 7.10. The maximum absolute atomic E-state index is 11.9. The fraction of sp³-hybridized carbons (Fsp3) is 0.310. The van der Waals surface area contributed by atoms with Gasteiger partial charge in [0.25, 0.3) is 0 Å². The van der Waals surface area contributed by atoms with E-state index in [-0.39, 0.29) is 25.2 Å². The Morgan fingerprint density at radius 1 is 0.800 bits per heavy atom. The second kappa shape index (κ2) is 10.2. The van der Waals surface area contributed by atoms with E-state index in [0.29, 0.717) is 36.8 Å². The molecule has 0 N–H and O–H groups in total. The van der Waals surface area contributed by atoms with Gasteiger partial charge in [0.15, 0.2) is 0 Å². The van der Waals surface area contributed by atoms with Gasteiger partial charge in [0.1, 0.15) is 0 Å². The van der Waals surface area contributed by atoms with Gasteiger partial charge in [-0.15, -0.1) is 0 Å². The minimum Gasteiger partial charge on any atom is -0.462 e. The molecular weight excluding hydrogens is 440 g/mol. The van der Waals surface area contributed by atoms with Crippen molar-refractivity contribution in [3.8, 4) is 11.3 Å². The van der Waals surface area contributed by atoms with Crippen LogP contribution in [0, 0.1) is 0 Å². The topological polar surface area (TPSA) is 78.4 Å². The smallest absolute Gasteiger partial charge is 0.333 e. The molecular formula is C29H30N2O4. The quantitative estimate of drug-likeness (QED) is 0.215. The van der Waals surface area contributed by atoms with E-state index in [1.165, 1.54) is 0 Å². The number of hydrogen-bond donors (Lipinski definition) is 0. The van der Waals surface area contributed by atoms with Crippen molar-refractivity contribution in [3.63, 3.8) is 0 Å². The summed E-state index contributed by atoms with van der Waals surface area (Å²) in [5.41, 5.74) is 6.05. The first-order valence-electron chi connectivity index (χ1n) is 11.9. The number of aromatic nitrogens is 2. The van der Waals surface area contributed by atoms with Crippen LogP contribution in [0.25, 0.3) is 22.3 Å². The number of ether oxygens (including phenoxy) is 2. The number of esters is 2. The molecule has 1 aromatic heterocycles. The summed E-state index contributed by atoms with van der Waals surface area (Å²) in [5, 5.41) is 0. The van der Waals surface area contributed by atoms with Gasteiger partial charge in [-0.25, -0.2) is 19.6 Å². The second-order valence-electron chi connectivity index (χ2n) is 9.08. The van der Waals surface area contributed by atoms with Gasteiger partial charge < -0.3 is 9.47 Å². The van der Waals surface area contributed by atoms with E-state index < -0.39 is 5.41 Å². The molecule has 0 radical (unpaired) electrons. The highest BCUT2D eigenvalue weighted by atomic mass is 16.5. The first-order chi connectivity index (χ1) is 16.8. The van der Waals surface area contributed by atoms with E-state index in [0.717, 1.165) is 33.5 Å². The number of rotatable bonds is 10. The highest BCUT2D eigenvalue weighted by Crippen LogP contribution is 2.52. The van der Waals surface area contributed by atoms with Crippen LogP contribution in [0.1, 0.15) is 50.8 Å². The highest BCUT2D eigenvalue weighted by Gasteiger charge is 2.45. The molecule has 0 spiro atoms. The van der Waals surface area contributed by atoms with Crippen LogP contribution in [0.2, 0.25) is 0 Å². The maximum atomic E-state index is 11.9. The molecule has 6 heteroatoms. The zero-order chi connectivity index (χ0) is 25.0. The van der Waals surface area contributed by atoms with Crippen LogP contribution >= 0.6 is 0 Å². The lowest BCUT2D eigenvalue weighted by Crippen LogP contribution is -2.28. The third-order valence-corrected chi connectivity index (χ3v) is 6.38. The minimum absolute atomic E-state index is 0.288. The molecule has 6 nitrogen and oxygen atoms in total. The van der Waals surface area contributed by atoms with Crippen molar-refractivity contribution in [1.82, 2.24) is 9.97 Å². The van der Waals surface area contributed by atoms with Crippen molar-refractivity contribution in [2.45, 2.75) is 44.9 Å². The summed E-state index contributed by atoms with van der Waals surface area (Å²) < 4.78 is 10.8. The first-order valence-corrected chi connectivity index (χ1v) is 11.9. The van der Waals surface area contributed by atoms with Crippen molar-refractivity contribution in [3.05, 3.63) is 84.1 Å². The van der Waals surface area contributed by atoms with Crippen molar-refractivity contribution >= 4 is 23.0 Å². The molecule has 0 saturated heterocycles. The number of nitrogens with zero attached hydrogens (tertiary/aromatic N) is 2. The normalized spacial score (nSPS) is 13.1. The predicted octanol–water partition coefficient (Wildman–Crippen LogP) is 5.70. The Morgan fingerprint density at radius 3 is 1.89 bits per heavy atom. The monoisotopic (exact) mass is 470 g/mol. The number of benzene rings is 2. The van der Waals surface area contributed by atoms with Gasteiger partial charge in [0.05, 0.1) is 35.6 Å².